The van der Waals surface area contributed by atoms with E-state index in [-0.39, 0.29) is 11.1 Å². The maximum Gasteiger partial charge on any atom is 0.425 e. The molecule has 0 aliphatic carbocycles. The fourth-order valence-corrected chi connectivity index (χ4v) is 4.39. The lowest BCUT2D eigenvalue weighted by Crippen LogP contribution is -2.56. The fraction of sp³-hybridized carbons (Fsp3) is 0.375. The SMILES string of the molecule is COC(=O)N1NC(C(C(=O)O)N2C(=O)c3ccccc3C2=O)SC1(C)C. The largest absolute Gasteiger partial charge is 0.480 e. The van der Waals surface area contributed by atoms with Crippen LogP contribution in [0.5, 0.6) is 0 Å². The number of carboxylic acids is 1. The first kappa shape index (κ1) is 18.2. The highest BCUT2D eigenvalue weighted by Gasteiger charge is 2.53. The van der Waals surface area contributed by atoms with Crippen LogP contribution in [0.4, 0.5) is 4.79 Å². The lowest BCUT2D eigenvalue weighted by Gasteiger charge is -2.27. The average molecular weight is 379 g/mol. The predicted molar refractivity (Wildman–Crippen MR) is 91.2 cm³/mol. The number of imide groups is 1. The summed E-state index contributed by atoms with van der Waals surface area (Å²) in [4.78, 5) is 49.0. The van der Waals surface area contributed by atoms with E-state index in [0.29, 0.717) is 0 Å². The van der Waals surface area contributed by atoms with Gasteiger partial charge in [-0.15, -0.1) is 11.8 Å². The minimum Gasteiger partial charge on any atom is -0.480 e. The van der Waals surface area contributed by atoms with Gasteiger partial charge in [-0.25, -0.2) is 20.0 Å². The zero-order chi connectivity index (χ0) is 19.2. The van der Waals surface area contributed by atoms with Gasteiger partial charge >= 0.3 is 12.1 Å². The van der Waals surface area contributed by atoms with Crippen LogP contribution in [0.2, 0.25) is 0 Å². The number of ether oxygens (including phenoxy) is 1. The number of amides is 3. The molecule has 2 aliphatic heterocycles. The molecule has 138 valence electrons. The molecule has 0 spiro atoms. The van der Waals surface area contributed by atoms with Crippen LogP contribution in [0, 0.1) is 0 Å². The van der Waals surface area contributed by atoms with E-state index in [1.807, 2.05) is 0 Å². The van der Waals surface area contributed by atoms with Crippen molar-refractivity contribution in [2.24, 2.45) is 0 Å². The zero-order valence-electron chi connectivity index (χ0n) is 14.3. The number of carbonyl (C=O) groups excluding carboxylic acids is 3. The molecule has 0 bridgehead atoms. The van der Waals surface area contributed by atoms with E-state index in [1.54, 1.807) is 26.0 Å². The number of methoxy groups -OCH3 is 1. The summed E-state index contributed by atoms with van der Waals surface area (Å²) in [6.07, 6.45) is -0.698. The first-order chi connectivity index (χ1) is 12.2. The fourth-order valence-electron chi connectivity index (χ4n) is 3.01. The highest BCUT2D eigenvalue weighted by Crippen LogP contribution is 2.40. The summed E-state index contributed by atoms with van der Waals surface area (Å²) >= 11 is 1.11. The molecule has 9 nitrogen and oxygen atoms in total. The average Bonchev–Trinajstić information content (AvgIpc) is 3.03. The first-order valence-electron chi connectivity index (χ1n) is 7.71. The van der Waals surface area contributed by atoms with Crippen molar-refractivity contribution in [3.8, 4) is 0 Å². The zero-order valence-corrected chi connectivity index (χ0v) is 15.1. The Labute approximate surface area is 153 Å². The van der Waals surface area contributed by atoms with E-state index in [4.69, 9.17) is 4.74 Å². The molecule has 2 aliphatic rings. The van der Waals surface area contributed by atoms with Crippen molar-refractivity contribution < 1.29 is 29.0 Å². The van der Waals surface area contributed by atoms with Gasteiger partial charge in [0.2, 0.25) is 0 Å². The summed E-state index contributed by atoms with van der Waals surface area (Å²) in [6, 6.07) is 4.67. The van der Waals surface area contributed by atoms with E-state index < -0.39 is 40.2 Å². The second kappa shape index (κ2) is 6.29. The van der Waals surface area contributed by atoms with Crippen molar-refractivity contribution in [2.45, 2.75) is 30.1 Å². The normalized spacial score (nSPS) is 22.3. The third-order valence-corrected chi connectivity index (χ3v) is 5.59. The first-order valence-corrected chi connectivity index (χ1v) is 8.59. The number of nitrogens with zero attached hydrogens (tertiary/aromatic N) is 2. The number of aliphatic carboxylic acids is 1. The number of hydrogen-bond donors (Lipinski definition) is 2. The lowest BCUT2D eigenvalue weighted by molar-refractivity contribution is -0.142. The number of benzene rings is 1. The molecular formula is C16H17N3O6S. The third-order valence-electron chi connectivity index (χ3n) is 4.21. The molecule has 2 heterocycles. The summed E-state index contributed by atoms with van der Waals surface area (Å²) in [5, 5.41) is 9.95. The van der Waals surface area contributed by atoms with E-state index in [9.17, 15) is 24.3 Å². The van der Waals surface area contributed by atoms with Gasteiger partial charge in [0.15, 0.2) is 6.04 Å². The highest BCUT2D eigenvalue weighted by molar-refractivity contribution is 8.01. The quantitative estimate of drug-likeness (QED) is 0.751. The van der Waals surface area contributed by atoms with Crippen LogP contribution in [0.15, 0.2) is 24.3 Å². The van der Waals surface area contributed by atoms with E-state index in [2.05, 4.69) is 5.43 Å². The van der Waals surface area contributed by atoms with Crippen LogP contribution in [-0.2, 0) is 9.53 Å². The Balaban J connectivity index is 1.95. The molecule has 0 saturated carbocycles. The van der Waals surface area contributed by atoms with Gasteiger partial charge in [-0.3, -0.25) is 14.5 Å². The number of thioether (sulfide) groups is 1. The molecule has 26 heavy (non-hydrogen) atoms. The van der Waals surface area contributed by atoms with Gasteiger partial charge in [0.05, 0.1) is 18.2 Å². The van der Waals surface area contributed by atoms with E-state index in [1.165, 1.54) is 19.2 Å². The van der Waals surface area contributed by atoms with Crippen LogP contribution in [0.1, 0.15) is 34.6 Å². The van der Waals surface area contributed by atoms with Crippen LogP contribution in [-0.4, -0.2) is 62.3 Å². The number of fused-ring (bicyclic) bond motifs is 1. The van der Waals surface area contributed by atoms with Gasteiger partial charge in [-0.05, 0) is 26.0 Å². The van der Waals surface area contributed by atoms with Crippen molar-refractivity contribution >= 4 is 35.6 Å². The van der Waals surface area contributed by atoms with Crippen LogP contribution in [0.3, 0.4) is 0 Å². The highest BCUT2D eigenvalue weighted by atomic mass is 32.2. The molecule has 1 aromatic carbocycles. The molecule has 2 atom stereocenters. The van der Waals surface area contributed by atoms with Crippen molar-refractivity contribution in [3.63, 3.8) is 0 Å². The molecule has 3 amide bonds. The number of hydrazine groups is 1. The molecule has 0 radical (unpaired) electrons. The summed E-state index contributed by atoms with van der Waals surface area (Å²) in [5.74, 6) is -2.70. The molecule has 2 N–H and O–H groups in total. The minimum atomic E-state index is -1.50. The minimum absolute atomic E-state index is 0.163. The molecule has 3 rings (SSSR count). The second-order valence-corrected chi connectivity index (χ2v) is 7.97. The Morgan fingerprint density at radius 1 is 1.23 bits per heavy atom. The number of carboxylic acid groups (broad SMARTS) is 1. The molecular weight excluding hydrogens is 362 g/mol. The Morgan fingerprint density at radius 3 is 2.23 bits per heavy atom. The number of carbonyl (C=O) groups is 4. The molecule has 10 heteroatoms. The van der Waals surface area contributed by atoms with Gasteiger partial charge in [-0.1, -0.05) is 12.1 Å². The lowest BCUT2D eigenvalue weighted by atomic mass is 10.1. The Kier molecular flexibility index (Phi) is 4.41. The van der Waals surface area contributed by atoms with Crippen molar-refractivity contribution in [3.05, 3.63) is 35.4 Å². The summed E-state index contributed by atoms with van der Waals surface area (Å²) in [5.41, 5.74) is 3.08. The number of nitrogens with one attached hydrogen (secondary N) is 1. The maximum absolute atomic E-state index is 12.6. The van der Waals surface area contributed by atoms with Crippen molar-refractivity contribution in [2.75, 3.05) is 7.11 Å². The summed E-state index contributed by atoms with van der Waals surface area (Å²) < 4.78 is 4.69. The summed E-state index contributed by atoms with van der Waals surface area (Å²) in [7, 11) is 1.21. The molecule has 2 unspecified atom stereocenters. The number of hydrogen-bond acceptors (Lipinski definition) is 7. The van der Waals surface area contributed by atoms with E-state index in [0.717, 1.165) is 21.7 Å². The van der Waals surface area contributed by atoms with E-state index >= 15 is 0 Å². The predicted octanol–water partition coefficient (Wildman–Crippen LogP) is 1.12. The van der Waals surface area contributed by atoms with Gasteiger partial charge in [0.25, 0.3) is 11.8 Å². The summed E-state index contributed by atoms with van der Waals surface area (Å²) in [6.45, 7) is 3.39. The molecule has 1 saturated heterocycles. The van der Waals surface area contributed by atoms with Crippen molar-refractivity contribution in [1.82, 2.24) is 15.3 Å². The van der Waals surface area contributed by atoms with Crippen LogP contribution < -0.4 is 5.43 Å². The molecule has 1 fully saturated rings. The van der Waals surface area contributed by atoms with Gasteiger partial charge in [0.1, 0.15) is 10.2 Å². The van der Waals surface area contributed by atoms with Crippen molar-refractivity contribution in [1.29, 1.82) is 0 Å². The van der Waals surface area contributed by atoms with Gasteiger partial charge < -0.3 is 9.84 Å². The maximum atomic E-state index is 12.6. The molecule has 0 aromatic heterocycles. The standard InChI is InChI=1S/C16H17N3O6S/c1-16(2)19(15(24)25-3)17-11(26-16)10(14(22)23)18-12(20)8-6-4-5-7-9(8)13(18)21/h4-7,10-11,17H,1-3H3,(H,22,23). The van der Waals surface area contributed by atoms with Gasteiger partial charge in [-0.2, -0.15) is 0 Å². The Morgan fingerprint density at radius 2 is 1.77 bits per heavy atom. The van der Waals surface area contributed by atoms with Gasteiger partial charge in [0, 0.05) is 0 Å². The Bertz CT molecular complexity index is 776. The topological polar surface area (TPSA) is 116 Å². The second-order valence-electron chi connectivity index (χ2n) is 6.23. The number of rotatable bonds is 3. The van der Waals surface area contributed by atoms with Crippen LogP contribution in [0.25, 0.3) is 0 Å². The molecule has 1 aromatic rings. The smallest absolute Gasteiger partial charge is 0.425 e. The third kappa shape index (κ3) is 2.71. The Hall–Kier alpha value is -2.59. The monoisotopic (exact) mass is 379 g/mol. The van der Waals surface area contributed by atoms with Crippen LogP contribution >= 0.6 is 11.8 Å².